The van der Waals surface area contributed by atoms with E-state index in [0.717, 1.165) is 25.7 Å². The first-order chi connectivity index (χ1) is 9.29. The van der Waals surface area contributed by atoms with Gasteiger partial charge >= 0.3 is 0 Å². The molecule has 1 saturated carbocycles. The molecule has 1 saturated heterocycles. The van der Waals surface area contributed by atoms with Gasteiger partial charge in [-0.2, -0.15) is 0 Å². The molecule has 2 aliphatic rings. The van der Waals surface area contributed by atoms with Crippen LogP contribution in [0.15, 0.2) is 0 Å². The minimum atomic E-state index is 0.454. The Hall–Kier alpha value is -0.120. The van der Waals surface area contributed by atoms with Crippen LogP contribution in [0.1, 0.15) is 58.8 Å². The second-order valence-electron chi connectivity index (χ2n) is 6.37. The predicted octanol–water partition coefficient (Wildman–Crippen LogP) is 2.80. The van der Waals surface area contributed by atoms with Gasteiger partial charge in [0, 0.05) is 44.4 Å². The number of ether oxygens (including phenoxy) is 1. The van der Waals surface area contributed by atoms with E-state index in [0.29, 0.717) is 5.54 Å². The molecule has 3 heteroatoms. The minimum absolute atomic E-state index is 0.454. The van der Waals surface area contributed by atoms with Gasteiger partial charge in [-0.15, -0.1) is 0 Å². The molecule has 3 nitrogen and oxygen atoms in total. The topological polar surface area (TPSA) is 24.5 Å². The Bertz CT molecular complexity index is 251. The summed E-state index contributed by atoms with van der Waals surface area (Å²) < 4.78 is 5.62. The van der Waals surface area contributed by atoms with E-state index in [1.807, 2.05) is 0 Å². The van der Waals surface area contributed by atoms with Crippen LogP contribution in [0.4, 0.5) is 0 Å². The summed E-state index contributed by atoms with van der Waals surface area (Å²) in [6, 6.07) is 0.734. The molecule has 1 unspecified atom stereocenters. The lowest BCUT2D eigenvalue weighted by Crippen LogP contribution is -2.63. The van der Waals surface area contributed by atoms with Gasteiger partial charge in [0.1, 0.15) is 0 Å². The Morgan fingerprint density at radius 1 is 1.21 bits per heavy atom. The highest BCUT2D eigenvalue weighted by Gasteiger charge is 2.40. The van der Waals surface area contributed by atoms with Gasteiger partial charge in [0.2, 0.25) is 0 Å². The van der Waals surface area contributed by atoms with Crippen LogP contribution >= 0.6 is 0 Å². The molecule has 0 aromatic rings. The summed E-state index contributed by atoms with van der Waals surface area (Å²) in [5.74, 6) is 0. The van der Waals surface area contributed by atoms with Crippen LogP contribution in [0.3, 0.4) is 0 Å². The fourth-order valence-corrected chi connectivity index (χ4v) is 3.70. The molecule has 1 heterocycles. The normalized spacial score (nSPS) is 27.2. The molecule has 1 N–H and O–H groups in total. The summed E-state index contributed by atoms with van der Waals surface area (Å²) in [4.78, 5) is 2.73. The van der Waals surface area contributed by atoms with Crippen molar-refractivity contribution in [3.63, 3.8) is 0 Å². The molecule has 0 bridgehead atoms. The highest BCUT2D eigenvalue weighted by atomic mass is 16.5. The van der Waals surface area contributed by atoms with Crippen LogP contribution in [0.5, 0.6) is 0 Å². The standard InChI is InChI=1S/C16H32N2O/c1-3-11-19-12-7-10-18-14-16(8-5-6-9-16)17-13-15(18)4-2/h15,17H,3-14H2,1-2H3. The van der Waals surface area contributed by atoms with Crippen LogP contribution in [-0.4, -0.2) is 49.3 Å². The van der Waals surface area contributed by atoms with Gasteiger partial charge in [-0.05, 0) is 32.1 Å². The smallest absolute Gasteiger partial charge is 0.0478 e. The first-order valence-corrected chi connectivity index (χ1v) is 8.36. The molecule has 0 aromatic heterocycles. The lowest BCUT2D eigenvalue weighted by atomic mass is 9.91. The molecule has 0 aromatic carbocycles. The Morgan fingerprint density at radius 2 is 2.00 bits per heavy atom. The monoisotopic (exact) mass is 268 g/mol. The number of hydrogen-bond acceptors (Lipinski definition) is 3. The summed E-state index contributed by atoms with van der Waals surface area (Å²) in [5, 5.41) is 3.86. The van der Waals surface area contributed by atoms with E-state index in [2.05, 4.69) is 24.1 Å². The Labute approximate surface area is 119 Å². The van der Waals surface area contributed by atoms with Gasteiger partial charge in [0.25, 0.3) is 0 Å². The maximum atomic E-state index is 5.62. The van der Waals surface area contributed by atoms with E-state index in [4.69, 9.17) is 4.74 Å². The Morgan fingerprint density at radius 3 is 2.68 bits per heavy atom. The van der Waals surface area contributed by atoms with E-state index in [1.54, 1.807) is 0 Å². The predicted molar refractivity (Wildman–Crippen MR) is 80.6 cm³/mol. The van der Waals surface area contributed by atoms with E-state index in [9.17, 15) is 0 Å². The molecular weight excluding hydrogens is 236 g/mol. The van der Waals surface area contributed by atoms with Crippen LogP contribution in [-0.2, 0) is 4.74 Å². The van der Waals surface area contributed by atoms with Gasteiger partial charge < -0.3 is 10.1 Å². The van der Waals surface area contributed by atoms with Crippen molar-refractivity contribution in [1.29, 1.82) is 0 Å². The zero-order valence-corrected chi connectivity index (χ0v) is 12.9. The number of hydrogen-bond donors (Lipinski definition) is 1. The van der Waals surface area contributed by atoms with Crippen LogP contribution in [0, 0.1) is 0 Å². The van der Waals surface area contributed by atoms with Crippen molar-refractivity contribution in [1.82, 2.24) is 10.2 Å². The molecule has 0 radical (unpaired) electrons. The van der Waals surface area contributed by atoms with Crippen molar-refractivity contribution in [2.45, 2.75) is 70.4 Å². The Kier molecular flexibility index (Phi) is 6.11. The van der Waals surface area contributed by atoms with Gasteiger partial charge in [0.05, 0.1) is 0 Å². The molecule has 1 aliphatic carbocycles. The molecular formula is C16H32N2O. The average Bonchev–Trinajstić information content (AvgIpc) is 2.87. The lowest BCUT2D eigenvalue weighted by Gasteiger charge is -2.46. The van der Waals surface area contributed by atoms with Gasteiger partial charge in [0.15, 0.2) is 0 Å². The van der Waals surface area contributed by atoms with Gasteiger partial charge in [-0.1, -0.05) is 26.7 Å². The quantitative estimate of drug-likeness (QED) is 0.719. The molecule has 112 valence electrons. The zero-order chi connectivity index (χ0) is 13.6. The highest BCUT2D eigenvalue weighted by Crippen LogP contribution is 2.33. The van der Waals surface area contributed by atoms with E-state index < -0.39 is 0 Å². The third-order valence-electron chi connectivity index (χ3n) is 4.85. The minimum Gasteiger partial charge on any atom is -0.381 e. The van der Waals surface area contributed by atoms with E-state index >= 15 is 0 Å². The highest BCUT2D eigenvalue weighted by molar-refractivity contribution is 5.00. The molecule has 0 amide bonds. The maximum Gasteiger partial charge on any atom is 0.0478 e. The van der Waals surface area contributed by atoms with E-state index in [1.165, 1.54) is 58.2 Å². The molecule has 2 fully saturated rings. The van der Waals surface area contributed by atoms with E-state index in [-0.39, 0.29) is 0 Å². The summed E-state index contributed by atoms with van der Waals surface area (Å²) >= 11 is 0. The van der Waals surface area contributed by atoms with Crippen molar-refractivity contribution in [2.75, 3.05) is 32.8 Å². The number of nitrogens with one attached hydrogen (secondary N) is 1. The third kappa shape index (κ3) is 4.17. The molecule has 1 aliphatic heterocycles. The van der Waals surface area contributed by atoms with Gasteiger partial charge in [-0.25, -0.2) is 0 Å². The first-order valence-electron chi connectivity index (χ1n) is 8.36. The Balaban J connectivity index is 1.77. The second kappa shape index (κ2) is 7.61. The molecule has 19 heavy (non-hydrogen) atoms. The largest absolute Gasteiger partial charge is 0.381 e. The van der Waals surface area contributed by atoms with Crippen LogP contribution < -0.4 is 5.32 Å². The van der Waals surface area contributed by atoms with Crippen LogP contribution in [0.2, 0.25) is 0 Å². The van der Waals surface area contributed by atoms with Crippen LogP contribution in [0.25, 0.3) is 0 Å². The number of piperazine rings is 1. The fraction of sp³-hybridized carbons (Fsp3) is 1.00. The van der Waals surface area contributed by atoms with Crippen molar-refractivity contribution in [2.24, 2.45) is 0 Å². The second-order valence-corrected chi connectivity index (χ2v) is 6.37. The van der Waals surface area contributed by atoms with Crippen molar-refractivity contribution in [3.05, 3.63) is 0 Å². The zero-order valence-electron chi connectivity index (χ0n) is 12.9. The summed E-state index contributed by atoms with van der Waals surface area (Å²) in [6.07, 6.45) is 9.17. The summed E-state index contributed by atoms with van der Waals surface area (Å²) in [5.41, 5.74) is 0.454. The molecule has 2 rings (SSSR count). The summed E-state index contributed by atoms with van der Waals surface area (Å²) in [6.45, 7) is 10.0. The van der Waals surface area contributed by atoms with Crippen molar-refractivity contribution >= 4 is 0 Å². The molecule has 1 spiro atoms. The number of rotatable bonds is 7. The fourth-order valence-electron chi connectivity index (χ4n) is 3.70. The van der Waals surface area contributed by atoms with Crippen molar-refractivity contribution < 1.29 is 4.74 Å². The number of nitrogens with zero attached hydrogens (tertiary/aromatic N) is 1. The van der Waals surface area contributed by atoms with Gasteiger partial charge in [-0.3, -0.25) is 4.90 Å². The summed E-state index contributed by atoms with van der Waals surface area (Å²) in [7, 11) is 0. The average molecular weight is 268 g/mol. The lowest BCUT2D eigenvalue weighted by molar-refractivity contribution is 0.0620. The first kappa shape index (κ1) is 15.3. The SMILES string of the molecule is CCCOCCCN1CC2(CCCC2)NCC1CC. The molecule has 1 atom stereocenters. The van der Waals surface area contributed by atoms with Crippen molar-refractivity contribution in [3.8, 4) is 0 Å². The maximum absolute atomic E-state index is 5.62. The third-order valence-corrected chi connectivity index (χ3v) is 4.85.